The lowest BCUT2D eigenvalue weighted by Gasteiger charge is -2.20. The second-order valence-corrected chi connectivity index (χ2v) is 9.56. The van der Waals surface area contributed by atoms with Crippen LogP contribution in [0, 0.1) is 5.82 Å². The maximum Gasteiger partial charge on any atom is 0.266 e. The fourth-order valence-corrected chi connectivity index (χ4v) is 5.85. The summed E-state index contributed by atoms with van der Waals surface area (Å²) in [6, 6.07) is 3.81. The van der Waals surface area contributed by atoms with Crippen molar-refractivity contribution in [3.8, 4) is 0 Å². The van der Waals surface area contributed by atoms with Crippen molar-refractivity contribution in [3.63, 3.8) is 0 Å². The molecule has 2 fully saturated rings. The lowest BCUT2D eigenvalue weighted by molar-refractivity contribution is -0.123. The summed E-state index contributed by atoms with van der Waals surface area (Å²) in [5.41, 5.74) is 0.119. The van der Waals surface area contributed by atoms with Crippen LogP contribution in [-0.4, -0.2) is 41.1 Å². The zero-order chi connectivity index (χ0) is 16.8. The van der Waals surface area contributed by atoms with Crippen molar-refractivity contribution in [2.45, 2.75) is 12.5 Å². The predicted octanol–water partition coefficient (Wildman–Crippen LogP) is 2.87. The largest absolute Gasteiger partial charge is 0.289 e. The van der Waals surface area contributed by atoms with E-state index in [0.717, 1.165) is 11.8 Å². The second kappa shape index (κ2) is 6.16. The van der Waals surface area contributed by atoms with E-state index in [1.54, 1.807) is 0 Å². The number of benzene rings is 1. The number of halogens is 2. The molecular formula is C14H11ClFNO3S3. The maximum atomic E-state index is 13.9. The van der Waals surface area contributed by atoms with Gasteiger partial charge in [0, 0.05) is 5.56 Å². The molecule has 9 heteroatoms. The average Bonchev–Trinajstić information content (AvgIpc) is 2.94. The molecule has 122 valence electrons. The molecule has 1 aromatic carbocycles. The Balaban J connectivity index is 1.91. The zero-order valence-electron chi connectivity index (χ0n) is 11.7. The van der Waals surface area contributed by atoms with Gasteiger partial charge in [0.1, 0.15) is 10.1 Å². The van der Waals surface area contributed by atoms with Gasteiger partial charge in [0.05, 0.1) is 27.5 Å². The smallest absolute Gasteiger partial charge is 0.266 e. The minimum Gasteiger partial charge on any atom is -0.289 e. The highest BCUT2D eigenvalue weighted by molar-refractivity contribution is 8.26. The van der Waals surface area contributed by atoms with E-state index in [1.807, 2.05) is 0 Å². The maximum absolute atomic E-state index is 13.9. The van der Waals surface area contributed by atoms with Gasteiger partial charge < -0.3 is 0 Å². The summed E-state index contributed by atoms with van der Waals surface area (Å²) in [6.07, 6.45) is 1.73. The molecule has 0 unspecified atom stereocenters. The fourth-order valence-electron chi connectivity index (χ4n) is 2.55. The Labute approximate surface area is 147 Å². The van der Waals surface area contributed by atoms with E-state index < -0.39 is 27.6 Å². The van der Waals surface area contributed by atoms with Crippen LogP contribution < -0.4 is 0 Å². The monoisotopic (exact) mass is 391 g/mol. The normalized spacial score (nSPS) is 25.6. The summed E-state index contributed by atoms with van der Waals surface area (Å²) in [5.74, 6) is -0.979. The number of rotatable bonds is 2. The van der Waals surface area contributed by atoms with E-state index in [2.05, 4.69) is 0 Å². The number of amides is 1. The van der Waals surface area contributed by atoms with Crippen molar-refractivity contribution in [2.75, 3.05) is 11.5 Å². The van der Waals surface area contributed by atoms with E-state index in [1.165, 1.54) is 29.2 Å². The van der Waals surface area contributed by atoms with Crippen LogP contribution in [0.25, 0.3) is 6.08 Å². The number of sulfone groups is 1. The van der Waals surface area contributed by atoms with Crippen LogP contribution in [-0.2, 0) is 14.6 Å². The van der Waals surface area contributed by atoms with Gasteiger partial charge in [0.15, 0.2) is 9.84 Å². The lowest BCUT2D eigenvalue weighted by atomic mass is 10.2. The summed E-state index contributed by atoms with van der Waals surface area (Å²) in [5, 5.41) is 0.193. The molecule has 23 heavy (non-hydrogen) atoms. The third-order valence-electron chi connectivity index (χ3n) is 3.67. The van der Waals surface area contributed by atoms with E-state index in [4.69, 9.17) is 23.8 Å². The van der Waals surface area contributed by atoms with Gasteiger partial charge in [0.2, 0.25) is 0 Å². The first-order valence-corrected chi connectivity index (χ1v) is 10.1. The molecule has 1 amide bonds. The first kappa shape index (κ1) is 16.9. The molecule has 0 saturated carbocycles. The van der Waals surface area contributed by atoms with Crippen molar-refractivity contribution in [1.82, 2.24) is 4.90 Å². The topological polar surface area (TPSA) is 54.5 Å². The van der Waals surface area contributed by atoms with Gasteiger partial charge >= 0.3 is 0 Å². The molecular weight excluding hydrogens is 381 g/mol. The first-order valence-electron chi connectivity index (χ1n) is 6.70. The van der Waals surface area contributed by atoms with Crippen LogP contribution in [0.15, 0.2) is 23.1 Å². The molecule has 1 atom stereocenters. The molecule has 0 N–H and O–H groups in total. The zero-order valence-corrected chi connectivity index (χ0v) is 14.9. The molecule has 2 aliphatic heterocycles. The van der Waals surface area contributed by atoms with Crippen molar-refractivity contribution in [2.24, 2.45) is 0 Å². The molecule has 2 aliphatic rings. The Morgan fingerprint density at radius 1 is 1.43 bits per heavy atom. The fraction of sp³-hybridized carbons (Fsp3) is 0.286. The van der Waals surface area contributed by atoms with Crippen molar-refractivity contribution < 1.29 is 17.6 Å². The highest BCUT2D eigenvalue weighted by Gasteiger charge is 2.42. The van der Waals surface area contributed by atoms with Gasteiger partial charge in [-0.1, -0.05) is 41.6 Å². The van der Waals surface area contributed by atoms with Crippen molar-refractivity contribution >= 4 is 61.7 Å². The van der Waals surface area contributed by atoms with Gasteiger partial charge in [-0.25, -0.2) is 12.8 Å². The second-order valence-electron chi connectivity index (χ2n) is 5.24. The standard InChI is InChI=1S/C14H11ClFNO3S3/c15-10-2-1-3-11(16)9(10)6-12-13(18)17(14(21)22-12)8-4-5-23(19,20)7-8/h1-3,6,8H,4-5,7H2/b12-6+/t8-/m0/s1. The summed E-state index contributed by atoms with van der Waals surface area (Å²) in [7, 11) is -3.13. The number of hydrogen-bond acceptors (Lipinski definition) is 5. The number of carbonyl (C=O) groups is 1. The quantitative estimate of drug-likeness (QED) is 0.573. The van der Waals surface area contributed by atoms with Crippen LogP contribution in [0.5, 0.6) is 0 Å². The summed E-state index contributed by atoms with van der Waals surface area (Å²) in [6.45, 7) is 0. The molecule has 0 aliphatic carbocycles. The van der Waals surface area contributed by atoms with Gasteiger partial charge in [-0.05, 0) is 24.6 Å². The Bertz CT molecular complexity index is 817. The molecule has 0 bridgehead atoms. The summed E-state index contributed by atoms with van der Waals surface area (Å²) in [4.78, 5) is 14.1. The number of thioether (sulfide) groups is 1. The van der Waals surface area contributed by atoms with E-state index in [9.17, 15) is 17.6 Å². The van der Waals surface area contributed by atoms with Crippen LogP contribution >= 0.6 is 35.6 Å². The highest BCUT2D eigenvalue weighted by atomic mass is 35.5. The number of nitrogens with zero attached hydrogens (tertiary/aromatic N) is 1. The molecule has 2 saturated heterocycles. The predicted molar refractivity (Wildman–Crippen MR) is 93.5 cm³/mol. The highest BCUT2D eigenvalue weighted by Crippen LogP contribution is 2.37. The molecule has 2 heterocycles. The van der Waals surface area contributed by atoms with Crippen LogP contribution in [0.4, 0.5) is 4.39 Å². The van der Waals surface area contributed by atoms with E-state index in [-0.39, 0.29) is 31.3 Å². The Hall–Kier alpha value is -0.960. The molecule has 3 rings (SSSR count). The number of carbonyl (C=O) groups excluding carboxylic acids is 1. The van der Waals surface area contributed by atoms with E-state index in [0.29, 0.717) is 6.42 Å². The third-order valence-corrected chi connectivity index (χ3v) is 7.08. The minimum atomic E-state index is -3.13. The SMILES string of the molecule is O=C1/C(=C\c2c(F)cccc2Cl)SC(=S)N1[C@H]1CCS(=O)(=O)C1. The van der Waals surface area contributed by atoms with Gasteiger partial charge in [-0.2, -0.15) is 0 Å². The summed E-state index contributed by atoms with van der Waals surface area (Å²) < 4.78 is 37.3. The number of hydrogen-bond donors (Lipinski definition) is 0. The van der Waals surface area contributed by atoms with Gasteiger partial charge in [0.25, 0.3) is 5.91 Å². The van der Waals surface area contributed by atoms with Crippen LogP contribution in [0.2, 0.25) is 5.02 Å². The molecule has 0 aromatic heterocycles. The minimum absolute atomic E-state index is 0.0485. The average molecular weight is 392 g/mol. The number of thiocarbonyl (C=S) groups is 1. The van der Waals surface area contributed by atoms with Gasteiger partial charge in [-0.3, -0.25) is 9.69 Å². The molecule has 1 aromatic rings. The molecule has 0 spiro atoms. The third kappa shape index (κ3) is 3.31. The molecule has 0 radical (unpaired) electrons. The summed E-state index contributed by atoms with van der Waals surface area (Å²) >= 11 is 12.2. The Morgan fingerprint density at radius 2 is 2.17 bits per heavy atom. The van der Waals surface area contributed by atoms with Crippen molar-refractivity contribution in [3.05, 3.63) is 39.5 Å². The van der Waals surface area contributed by atoms with E-state index >= 15 is 0 Å². The van der Waals surface area contributed by atoms with Crippen LogP contribution in [0.1, 0.15) is 12.0 Å². The van der Waals surface area contributed by atoms with Gasteiger partial charge in [-0.15, -0.1) is 0 Å². The Kier molecular flexibility index (Phi) is 4.52. The molecule has 4 nitrogen and oxygen atoms in total. The van der Waals surface area contributed by atoms with Crippen molar-refractivity contribution in [1.29, 1.82) is 0 Å². The van der Waals surface area contributed by atoms with Crippen LogP contribution in [0.3, 0.4) is 0 Å². The lowest BCUT2D eigenvalue weighted by Crippen LogP contribution is -2.39. The Morgan fingerprint density at radius 3 is 2.78 bits per heavy atom. The first-order chi connectivity index (χ1) is 10.8.